The third-order valence-electron chi connectivity index (χ3n) is 1.54. The number of rotatable bonds is 1. The van der Waals surface area contributed by atoms with E-state index in [1.165, 1.54) is 5.56 Å². The van der Waals surface area contributed by atoms with Crippen molar-refractivity contribution in [2.75, 3.05) is 0 Å². The lowest BCUT2D eigenvalue weighted by molar-refractivity contribution is 0.374. The van der Waals surface area contributed by atoms with E-state index in [-0.39, 0.29) is 0 Å². The van der Waals surface area contributed by atoms with Crippen molar-refractivity contribution in [1.82, 2.24) is 0 Å². The van der Waals surface area contributed by atoms with Crippen LogP contribution in [-0.2, 0) is 0 Å². The van der Waals surface area contributed by atoms with Crippen LogP contribution < -0.4 is 0 Å². The average molecular weight is 138 g/mol. The number of alkyl halides is 1. The van der Waals surface area contributed by atoms with Crippen LogP contribution in [0.5, 0.6) is 0 Å². The first-order chi connectivity index (χ1) is 4.70. The van der Waals surface area contributed by atoms with Crippen molar-refractivity contribution < 1.29 is 4.39 Å². The maximum Gasteiger partial charge on any atom is 0.122 e. The van der Waals surface area contributed by atoms with Crippen LogP contribution in [0.3, 0.4) is 0 Å². The predicted molar refractivity (Wildman–Crippen MR) is 40.7 cm³/mol. The van der Waals surface area contributed by atoms with Gasteiger partial charge in [0.25, 0.3) is 0 Å². The van der Waals surface area contributed by atoms with Crippen molar-refractivity contribution in [3.8, 4) is 0 Å². The molecule has 0 saturated carbocycles. The molecule has 10 heavy (non-hydrogen) atoms. The Morgan fingerprint density at radius 2 is 1.70 bits per heavy atom. The van der Waals surface area contributed by atoms with E-state index in [0.29, 0.717) is 0 Å². The normalized spacial score (nSPS) is 13.1. The molecule has 0 amide bonds. The van der Waals surface area contributed by atoms with Gasteiger partial charge in [-0.3, -0.25) is 0 Å². The summed E-state index contributed by atoms with van der Waals surface area (Å²) in [6.07, 6.45) is -0.847. The predicted octanol–water partition coefficient (Wildman–Crippen LogP) is 3.03. The van der Waals surface area contributed by atoms with Crippen molar-refractivity contribution >= 4 is 0 Å². The Morgan fingerprint density at radius 1 is 1.20 bits per heavy atom. The molecule has 54 valence electrons. The van der Waals surface area contributed by atoms with Crippen LogP contribution in [0.1, 0.15) is 24.2 Å². The first kappa shape index (κ1) is 7.26. The number of hydrogen-bond acceptors (Lipinski definition) is 0. The lowest BCUT2D eigenvalue weighted by Gasteiger charge is -2.00. The van der Waals surface area contributed by atoms with E-state index in [0.717, 1.165) is 5.56 Å². The van der Waals surface area contributed by atoms with Gasteiger partial charge >= 0.3 is 0 Å². The quantitative estimate of drug-likeness (QED) is 0.559. The largest absolute Gasteiger partial charge is 0.243 e. The van der Waals surface area contributed by atoms with Gasteiger partial charge in [-0.25, -0.2) is 4.39 Å². The minimum Gasteiger partial charge on any atom is -0.243 e. The van der Waals surface area contributed by atoms with E-state index in [1.807, 2.05) is 31.2 Å². The molecular weight excluding hydrogens is 127 g/mol. The van der Waals surface area contributed by atoms with Crippen LogP contribution >= 0.6 is 0 Å². The van der Waals surface area contributed by atoms with Gasteiger partial charge in [-0.15, -0.1) is 0 Å². The van der Waals surface area contributed by atoms with Gasteiger partial charge in [-0.1, -0.05) is 29.8 Å². The average Bonchev–Trinajstić information content (AvgIpc) is 1.88. The summed E-state index contributed by atoms with van der Waals surface area (Å²) in [5, 5.41) is 0. The summed E-state index contributed by atoms with van der Waals surface area (Å²) < 4.78 is 12.6. The fourth-order valence-corrected chi connectivity index (χ4v) is 0.832. The highest BCUT2D eigenvalue weighted by atomic mass is 19.1. The molecule has 1 aromatic rings. The molecule has 1 aromatic carbocycles. The summed E-state index contributed by atoms with van der Waals surface area (Å²) in [5.41, 5.74) is 1.93. The number of hydrogen-bond donors (Lipinski definition) is 0. The highest BCUT2D eigenvalue weighted by molar-refractivity contribution is 5.22. The Hall–Kier alpha value is -0.850. The summed E-state index contributed by atoms with van der Waals surface area (Å²) in [7, 11) is 0. The molecule has 0 saturated heterocycles. The first-order valence-electron chi connectivity index (χ1n) is 3.41. The van der Waals surface area contributed by atoms with Crippen LogP contribution in [0.15, 0.2) is 24.3 Å². The van der Waals surface area contributed by atoms with Crippen molar-refractivity contribution in [2.45, 2.75) is 20.0 Å². The Bertz CT molecular complexity index is 198. The summed E-state index contributed by atoms with van der Waals surface area (Å²) in [6, 6.07) is 7.48. The molecule has 1 atom stereocenters. The molecule has 0 nitrogen and oxygen atoms in total. The van der Waals surface area contributed by atoms with Gasteiger partial charge in [0.2, 0.25) is 0 Å². The smallest absolute Gasteiger partial charge is 0.122 e. The van der Waals surface area contributed by atoms with E-state index < -0.39 is 6.17 Å². The van der Waals surface area contributed by atoms with E-state index in [4.69, 9.17) is 0 Å². The summed E-state index contributed by atoms with van der Waals surface area (Å²) in [5.74, 6) is 0. The first-order valence-corrected chi connectivity index (χ1v) is 3.41. The van der Waals surface area contributed by atoms with Crippen molar-refractivity contribution in [3.63, 3.8) is 0 Å². The Balaban J connectivity index is 2.89. The van der Waals surface area contributed by atoms with E-state index in [2.05, 4.69) is 0 Å². The van der Waals surface area contributed by atoms with E-state index >= 15 is 0 Å². The maximum atomic E-state index is 12.6. The molecule has 1 rings (SSSR count). The fraction of sp³-hybridized carbons (Fsp3) is 0.333. The molecule has 0 heterocycles. The number of aryl methyl sites for hydroxylation is 1. The molecular formula is C9H11F. The third-order valence-corrected chi connectivity index (χ3v) is 1.54. The third kappa shape index (κ3) is 1.56. The molecule has 0 bridgehead atoms. The zero-order valence-electron chi connectivity index (χ0n) is 6.26. The molecule has 0 aliphatic carbocycles. The molecule has 0 aliphatic rings. The van der Waals surface area contributed by atoms with Gasteiger partial charge < -0.3 is 0 Å². The second kappa shape index (κ2) is 2.82. The zero-order chi connectivity index (χ0) is 7.56. The highest BCUT2D eigenvalue weighted by Gasteiger charge is 1.99. The Labute approximate surface area is 60.7 Å². The molecule has 0 N–H and O–H groups in total. The van der Waals surface area contributed by atoms with Crippen LogP contribution in [0.4, 0.5) is 4.39 Å². The zero-order valence-corrected chi connectivity index (χ0v) is 6.26. The van der Waals surface area contributed by atoms with Gasteiger partial charge in [0, 0.05) is 0 Å². The Morgan fingerprint density at radius 3 is 2.10 bits per heavy atom. The van der Waals surface area contributed by atoms with Gasteiger partial charge in [0.15, 0.2) is 0 Å². The van der Waals surface area contributed by atoms with Gasteiger partial charge in [-0.05, 0) is 19.4 Å². The molecule has 1 heteroatoms. The summed E-state index contributed by atoms with van der Waals surface area (Å²) >= 11 is 0. The molecule has 1 unspecified atom stereocenters. The second-order valence-electron chi connectivity index (χ2n) is 2.53. The molecule has 0 aliphatic heterocycles. The minimum absolute atomic E-state index is 0.755. The Kier molecular flexibility index (Phi) is 2.05. The monoisotopic (exact) mass is 138 g/mol. The standard InChI is InChI=1S/C9H11F/c1-7-3-5-9(6-4-7)8(2)10/h3-6,8H,1-2H3. The van der Waals surface area contributed by atoms with Crippen molar-refractivity contribution in [3.05, 3.63) is 35.4 Å². The van der Waals surface area contributed by atoms with E-state index in [9.17, 15) is 4.39 Å². The second-order valence-corrected chi connectivity index (χ2v) is 2.53. The summed E-state index contributed by atoms with van der Waals surface area (Å²) in [6.45, 7) is 3.54. The molecule has 0 spiro atoms. The van der Waals surface area contributed by atoms with Crippen LogP contribution in [0.25, 0.3) is 0 Å². The molecule has 0 aromatic heterocycles. The van der Waals surface area contributed by atoms with Crippen LogP contribution in [0.2, 0.25) is 0 Å². The maximum absolute atomic E-state index is 12.6. The van der Waals surface area contributed by atoms with Gasteiger partial charge in [0.05, 0.1) is 0 Å². The topological polar surface area (TPSA) is 0 Å². The van der Waals surface area contributed by atoms with Gasteiger partial charge in [0.1, 0.15) is 6.17 Å². The summed E-state index contributed by atoms with van der Waals surface area (Å²) in [4.78, 5) is 0. The highest BCUT2D eigenvalue weighted by Crippen LogP contribution is 2.15. The van der Waals surface area contributed by atoms with E-state index in [1.54, 1.807) is 6.92 Å². The fourth-order valence-electron chi connectivity index (χ4n) is 0.832. The van der Waals surface area contributed by atoms with Crippen LogP contribution in [-0.4, -0.2) is 0 Å². The lowest BCUT2D eigenvalue weighted by atomic mass is 10.1. The number of halogens is 1. The number of benzene rings is 1. The SMILES string of the molecule is Cc1ccc(C(C)F)cc1. The molecule has 0 fully saturated rings. The van der Waals surface area contributed by atoms with Gasteiger partial charge in [-0.2, -0.15) is 0 Å². The van der Waals surface area contributed by atoms with Crippen molar-refractivity contribution in [2.24, 2.45) is 0 Å². The van der Waals surface area contributed by atoms with Crippen molar-refractivity contribution in [1.29, 1.82) is 0 Å². The minimum atomic E-state index is -0.847. The lowest BCUT2D eigenvalue weighted by Crippen LogP contribution is -1.83. The van der Waals surface area contributed by atoms with Crippen LogP contribution in [0, 0.1) is 6.92 Å². The molecule has 0 radical (unpaired) electrons.